The zero-order valence-electron chi connectivity index (χ0n) is 49.1. The Bertz CT molecular complexity index is 3460. The first-order valence-corrected chi connectivity index (χ1v) is 31.5. The molecular formula is C66H81BrN8O8S2. The molecule has 0 amide bonds. The fourth-order valence-electron chi connectivity index (χ4n) is 10.6. The first kappa shape index (κ1) is 67.9. The van der Waals surface area contributed by atoms with Gasteiger partial charge >= 0.3 is 0 Å². The van der Waals surface area contributed by atoms with Crippen molar-refractivity contribution in [2.45, 2.75) is 95.7 Å². The van der Waals surface area contributed by atoms with E-state index in [1.807, 2.05) is 127 Å². The summed E-state index contributed by atoms with van der Waals surface area (Å²) in [6.07, 6.45) is 11.2. The lowest BCUT2D eigenvalue weighted by molar-refractivity contribution is 0.0666. The number of sulfonamides is 1. The Labute approximate surface area is 515 Å². The Morgan fingerprint density at radius 2 is 1.02 bits per heavy atom. The molecule has 1 unspecified atom stereocenters. The summed E-state index contributed by atoms with van der Waals surface area (Å²) in [7, 11) is 3.76. The Balaban J connectivity index is 0.000000228. The van der Waals surface area contributed by atoms with Crippen LogP contribution < -0.4 is 0 Å². The van der Waals surface area contributed by atoms with Gasteiger partial charge in [-0.1, -0.05) is 155 Å². The van der Waals surface area contributed by atoms with Crippen molar-refractivity contribution in [1.82, 2.24) is 27.5 Å². The number of rotatable bonds is 25. The third-order valence-electron chi connectivity index (χ3n) is 15.1. The monoisotopic (exact) mass is 1260 g/mol. The number of nitriles is 2. The van der Waals surface area contributed by atoms with E-state index in [4.69, 9.17) is 24.2 Å². The van der Waals surface area contributed by atoms with E-state index in [9.17, 15) is 13.7 Å². The van der Waals surface area contributed by atoms with Gasteiger partial charge in [0.1, 0.15) is 26.9 Å². The van der Waals surface area contributed by atoms with Crippen molar-refractivity contribution in [3.05, 3.63) is 214 Å². The van der Waals surface area contributed by atoms with E-state index in [2.05, 4.69) is 110 Å². The van der Waals surface area contributed by atoms with Crippen LogP contribution in [0.15, 0.2) is 175 Å². The predicted octanol–water partition coefficient (Wildman–Crippen LogP) is 11.3. The molecule has 2 fully saturated rings. The van der Waals surface area contributed by atoms with Crippen LogP contribution >= 0.6 is 27.9 Å². The second kappa shape index (κ2) is 34.8. The molecule has 85 heavy (non-hydrogen) atoms. The van der Waals surface area contributed by atoms with Crippen molar-refractivity contribution in [2.75, 3.05) is 60.5 Å². The van der Waals surface area contributed by atoms with E-state index >= 15 is 0 Å². The molecule has 0 radical (unpaired) electrons. The van der Waals surface area contributed by atoms with E-state index in [0.29, 0.717) is 63.4 Å². The third-order valence-corrected chi connectivity index (χ3v) is 18.4. The van der Waals surface area contributed by atoms with Gasteiger partial charge in [0.05, 0.1) is 55.4 Å². The van der Waals surface area contributed by atoms with Gasteiger partial charge in [-0.3, -0.25) is 0 Å². The number of likely N-dealkylation sites (N-methyl/N-ethyl adjacent to an activating group) is 2. The van der Waals surface area contributed by atoms with Gasteiger partial charge in [-0.2, -0.15) is 14.8 Å². The molecule has 2 aromatic heterocycles. The number of ether oxygens (including phenoxy) is 4. The van der Waals surface area contributed by atoms with E-state index in [-0.39, 0.29) is 24.3 Å². The summed E-state index contributed by atoms with van der Waals surface area (Å²) in [5.74, 6) is 0.463. The largest absolute Gasteiger partial charge is 0.412 e. The van der Waals surface area contributed by atoms with Gasteiger partial charge in [0, 0.05) is 46.8 Å². The first-order chi connectivity index (χ1) is 40.4. The second-order valence-corrected chi connectivity index (χ2v) is 25.4. The van der Waals surface area contributed by atoms with Crippen LogP contribution in [0.25, 0.3) is 21.8 Å². The molecule has 8 aromatic rings. The van der Waals surface area contributed by atoms with E-state index < -0.39 is 15.3 Å². The number of hydrogen-bond donors (Lipinski definition) is 0. The van der Waals surface area contributed by atoms with Crippen LogP contribution in [-0.4, -0.2) is 119 Å². The Hall–Kier alpha value is -6.24. The average molecular weight is 1260 g/mol. The number of fused-ring (bicyclic) bond motifs is 2. The maximum atomic E-state index is 13.5. The van der Waals surface area contributed by atoms with Gasteiger partial charge in [-0.05, 0) is 142 Å². The molecule has 2 aliphatic heterocycles. The molecular weight excluding hydrogens is 1180 g/mol. The zero-order valence-corrected chi connectivity index (χ0v) is 52.4. The highest BCUT2D eigenvalue weighted by Crippen LogP contribution is 2.33. The molecule has 0 aliphatic carbocycles. The summed E-state index contributed by atoms with van der Waals surface area (Å²) in [6, 6.07) is 57.2. The summed E-state index contributed by atoms with van der Waals surface area (Å²) in [5.41, 5.74) is 9.62. The van der Waals surface area contributed by atoms with Gasteiger partial charge in [0.2, 0.25) is 10.0 Å². The van der Waals surface area contributed by atoms with Crippen LogP contribution in [-0.2, 0) is 81.7 Å². The SMILES string of the molecule is CN(COCc1ccccc1)SCC#N.CN1CCC[C@@H]1Cc1cn(COCc2ccccc2)c2ccc(Br)cc12.CN1CCC[C@@H]1Cc1cn(COCc2ccccc2)c2ccc(C(C#N)S(=O)(=O)N(C)COCc3ccccc3)cc12.O.O. The summed E-state index contributed by atoms with van der Waals surface area (Å²) in [6.45, 7) is 5.63. The second-order valence-electron chi connectivity index (χ2n) is 21.2. The molecule has 452 valence electrons. The molecule has 4 heterocycles. The zero-order chi connectivity index (χ0) is 58.4. The van der Waals surface area contributed by atoms with Crippen molar-refractivity contribution < 1.29 is 38.3 Å². The van der Waals surface area contributed by atoms with E-state index in [1.54, 1.807) is 6.07 Å². The average Bonchev–Trinajstić information content (AvgIpc) is 2.41. The lowest BCUT2D eigenvalue weighted by Crippen LogP contribution is -2.33. The molecule has 4 N–H and O–H groups in total. The molecule has 16 nitrogen and oxygen atoms in total. The minimum atomic E-state index is -4.00. The van der Waals surface area contributed by atoms with Crippen molar-refractivity contribution in [3.8, 4) is 12.1 Å². The fourth-order valence-corrected chi connectivity index (χ4v) is 12.6. The maximum absolute atomic E-state index is 13.5. The number of hydrogen-bond acceptors (Lipinski definition) is 12. The maximum Gasteiger partial charge on any atom is 0.236 e. The lowest BCUT2D eigenvalue weighted by atomic mass is 10.0. The first-order valence-electron chi connectivity index (χ1n) is 28.2. The highest BCUT2D eigenvalue weighted by Gasteiger charge is 2.33. The van der Waals surface area contributed by atoms with Crippen LogP contribution in [0.5, 0.6) is 0 Å². The highest BCUT2D eigenvalue weighted by atomic mass is 79.9. The number of aromatic nitrogens is 2. The molecule has 0 bridgehead atoms. The number of halogens is 1. The van der Waals surface area contributed by atoms with Gasteiger partial charge in [0.15, 0.2) is 5.25 Å². The summed E-state index contributed by atoms with van der Waals surface area (Å²) in [4.78, 5) is 4.87. The van der Waals surface area contributed by atoms with Crippen molar-refractivity contribution in [3.63, 3.8) is 0 Å². The van der Waals surface area contributed by atoms with Crippen LogP contribution in [0.3, 0.4) is 0 Å². The minimum absolute atomic E-state index is 0. The Morgan fingerprint density at radius 1 is 0.600 bits per heavy atom. The molecule has 10 rings (SSSR count). The fraction of sp³-hybridized carbons (Fsp3) is 0.364. The molecule has 3 atom stereocenters. The highest BCUT2D eigenvalue weighted by molar-refractivity contribution is 9.10. The molecule has 2 aliphatic rings. The smallest absolute Gasteiger partial charge is 0.236 e. The summed E-state index contributed by atoms with van der Waals surface area (Å²) >= 11 is 5.09. The molecule has 2 saturated heterocycles. The lowest BCUT2D eigenvalue weighted by Gasteiger charge is -2.21. The van der Waals surface area contributed by atoms with E-state index in [0.717, 1.165) is 67.7 Å². The number of likely N-dealkylation sites (tertiary alicyclic amines) is 2. The van der Waals surface area contributed by atoms with Crippen LogP contribution in [0.4, 0.5) is 0 Å². The standard InChI is InChI=1S/C33H38N4O4S.C22H25BrN2O.C11H14N2OS.2H2O/c1-35-17-9-14-30(35)18-29-21-37(25-41-23-27-12-7-4-8-13-27)32-16-15-28(19-31(29)32)33(20-34)42(38,39)36(2)24-40-22-26-10-5-3-6-11-26;1-24-11-5-8-20(24)12-18-14-25(22-10-9-19(23)13-21(18)22)16-26-15-17-6-3-2-4-7-17;1-13(15-8-7-12)10-14-9-11-5-3-2-4-6-11;;/h3-8,10-13,15-16,19,21,30,33H,9,14,17-18,22-25H2,1-2H3;2-4,6-7,9-10,13-14,20H,5,8,11-12,15-16H2,1H3;2-6H,8-10H2,1H3;2*1H2/t30-,33?;20-;;;/m11.../s1. The quantitative estimate of drug-likeness (QED) is 0.0387. The predicted molar refractivity (Wildman–Crippen MR) is 343 cm³/mol. The minimum Gasteiger partial charge on any atom is -0.412 e. The van der Waals surface area contributed by atoms with Crippen LogP contribution in [0, 0.1) is 22.7 Å². The number of benzene rings is 6. The molecule has 19 heteroatoms. The summed E-state index contributed by atoms with van der Waals surface area (Å²) in [5, 5.41) is 19.4. The van der Waals surface area contributed by atoms with Gasteiger partial charge in [-0.15, -0.1) is 0 Å². The molecule has 6 aromatic carbocycles. The molecule has 0 spiro atoms. The number of nitrogens with zero attached hydrogens (tertiary/aromatic N) is 8. The van der Waals surface area contributed by atoms with Crippen molar-refractivity contribution >= 4 is 59.7 Å². The van der Waals surface area contributed by atoms with Crippen molar-refractivity contribution in [1.29, 1.82) is 10.5 Å². The molecule has 0 saturated carbocycles. The topological polar surface area (TPSA) is 204 Å². The Morgan fingerprint density at radius 3 is 1.45 bits per heavy atom. The van der Waals surface area contributed by atoms with Crippen LogP contribution in [0.2, 0.25) is 0 Å². The summed E-state index contributed by atoms with van der Waals surface area (Å²) < 4.78 is 58.7. The van der Waals surface area contributed by atoms with Gasteiger partial charge in [0.25, 0.3) is 0 Å². The third kappa shape index (κ3) is 19.9. The van der Waals surface area contributed by atoms with Crippen LogP contribution in [0.1, 0.15) is 69.9 Å². The van der Waals surface area contributed by atoms with E-state index in [1.165, 1.54) is 66.8 Å². The van der Waals surface area contributed by atoms with Gasteiger partial charge in [-0.25, -0.2) is 12.7 Å². The van der Waals surface area contributed by atoms with Crippen molar-refractivity contribution in [2.24, 2.45) is 0 Å². The normalized spacial score (nSPS) is 15.5. The van der Waals surface area contributed by atoms with Gasteiger partial charge < -0.3 is 48.8 Å². The Kier molecular flexibility index (Phi) is 27.8.